The highest BCUT2D eigenvalue weighted by Gasteiger charge is 2.20. The Morgan fingerprint density at radius 2 is 1.52 bits per heavy atom. The number of hydrogen-bond acceptors (Lipinski definition) is 5. The summed E-state index contributed by atoms with van der Waals surface area (Å²) in [7, 11) is 0. The number of nitrogens with one attached hydrogen (secondary N) is 1. The summed E-state index contributed by atoms with van der Waals surface area (Å²) in [5, 5.41) is 3.01. The molecule has 1 amide bonds. The summed E-state index contributed by atoms with van der Waals surface area (Å²) in [6, 6.07) is 21.5. The predicted molar refractivity (Wildman–Crippen MR) is 132 cm³/mol. The van der Waals surface area contributed by atoms with E-state index in [0.29, 0.717) is 43.4 Å². The minimum Gasteiger partial charge on any atom is -0.492 e. The Bertz CT molecular complexity index is 1060. The van der Waals surface area contributed by atoms with Crippen molar-refractivity contribution in [1.82, 2.24) is 0 Å². The van der Waals surface area contributed by atoms with Gasteiger partial charge in [0, 0.05) is 30.8 Å². The van der Waals surface area contributed by atoms with Crippen LogP contribution < -0.4 is 19.7 Å². The van der Waals surface area contributed by atoms with E-state index in [-0.39, 0.29) is 5.91 Å². The molecule has 1 fully saturated rings. The van der Waals surface area contributed by atoms with Crippen molar-refractivity contribution in [1.29, 1.82) is 0 Å². The maximum absolute atomic E-state index is 13.0. The van der Waals surface area contributed by atoms with Crippen LogP contribution in [0, 0.1) is 0 Å². The smallest absolute Gasteiger partial charge is 0.255 e. The Kier molecular flexibility index (Phi) is 7.47. The largest absolute Gasteiger partial charge is 0.492 e. The van der Waals surface area contributed by atoms with Crippen molar-refractivity contribution in [2.45, 2.75) is 13.8 Å². The van der Waals surface area contributed by atoms with Crippen LogP contribution >= 0.6 is 0 Å². The third kappa shape index (κ3) is 5.46. The van der Waals surface area contributed by atoms with E-state index >= 15 is 0 Å². The first-order valence-corrected chi connectivity index (χ1v) is 11.4. The summed E-state index contributed by atoms with van der Waals surface area (Å²) in [5.41, 5.74) is 4.30. The molecule has 33 heavy (non-hydrogen) atoms. The van der Waals surface area contributed by atoms with E-state index in [1.54, 1.807) is 0 Å². The summed E-state index contributed by atoms with van der Waals surface area (Å²) in [6.45, 7) is 7.81. The number of amides is 1. The fraction of sp³-hybridized carbons (Fsp3) is 0.296. The molecule has 0 bridgehead atoms. The van der Waals surface area contributed by atoms with Crippen molar-refractivity contribution in [3.05, 3.63) is 72.3 Å². The van der Waals surface area contributed by atoms with E-state index in [0.717, 1.165) is 35.7 Å². The van der Waals surface area contributed by atoms with Crippen molar-refractivity contribution in [2.24, 2.45) is 0 Å². The van der Waals surface area contributed by atoms with Crippen LogP contribution in [-0.4, -0.2) is 45.4 Å². The van der Waals surface area contributed by atoms with Crippen molar-refractivity contribution in [3.63, 3.8) is 0 Å². The Morgan fingerprint density at radius 1 is 0.879 bits per heavy atom. The maximum Gasteiger partial charge on any atom is 0.255 e. The molecule has 1 heterocycles. The molecule has 1 saturated heterocycles. The topological polar surface area (TPSA) is 60.0 Å². The van der Waals surface area contributed by atoms with Gasteiger partial charge in [-0.25, -0.2) is 0 Å². The molecule has 0 saturated carbocycles. The van der Waals surface area contributed by atoms with Gasteiger partial charge in [0.2, 0.25) is 0 Å². The van der Waals surface area contributed by atoms with E-state index in [2.05, 4.69) is 22.3 Å². The van der Waals surface area contributed by atoms with E-state index in [4.69, 9.17) is 14.2 Å². The van der Waals surface area contributed by atoms with Crippen molar-refractivity contribution < 1.29 is 19.0 Å². The van der Waals surface area contributed by atoms with Gasteiger partial charge in [0.05, 0.1) is 37.8 Å². The zero-order chi connectivity index (χ0) is 23.0. The lowest BCUT2D eigenvalue weighted by Gasteiger charge is -2.31. The lowest BCUT2D eigenvalue weighted by Crippen LogP contribution is -2.36. The number of hydrogen-bond donors (Lipinski definition) is 1. The molecule has 0 radical (unpaired) electrons. The highest BCUT2D eigenvalue weighted by atomic mass is 16.5. The normalized spacial score (nSPS) is 13.5. The summed E-state index contributed by atoms with van der Waals surface area (Å²) >= 11 is 0. The lowest BCUT2D eigenvalue weighted by atomic mass is 10.0. The molecule has 4 rings (SSSR count). The van der Waals surface area contributed by atoms with E-state index in [1.807, 2.05) is 68.4 Å². The van der Waals surface area contributed by atoms with Crippen LogP contribution in [0.3, 0.4) is 0 Å². The number of ether oxygens (including phenoxy) is 3. The van der Waals surface area contributed by atoms with E-state index < -0.39 is 0 Å². The summed E-state index contributed by atoms with van der Waals surface area (Å²) in [5.74, 6) is 1.14. The highest BCUT2D eigenvalue weighted by Crippen LogP contribution is 2.39. The number of morpholine rings is 1. The van der Waals surface area contributed by atoms with Crippen molar-refractivity contribution in [3.8, 4) is 22.6 Å². The summed E-state index contributed by atoms with van der Waals surface area (Å²) < 4.78 is 17.3. The van der Waals surface area contributed by atoms with Gasteiger partial charge in [0.15, 0.2) is 0 Å². The number of benzene rings is 3. The van der Waals surface area contributed by atoms with Gasteiger partial charge in [-0.2, -0.15) is 0 Å². The van der Waals surface area contributed by atoms with Gasteiger partial charge >= 0.3 is 0 Å². The number of carbonyl (C=O) groups excluding carboxylic acids is 1. The first-order chi connectivity index (χ1) is 16.2. The van der Waals surface area contributed by atoms with Gasteiger partial charge in [-0.1, -0.05) is 42.5 Å². The minimum absolute atomic E-state index is 0.197. The molecule has 1 N–H and O–H groups in total. The molecular formula is C27H30N2O4. The number of rotatable bonds is 8. The molecule has 1 aliphatic heterocycles. The number of anilines is 2. The van der Waals surface area contributed by atoms with Gasteiger partial charge in [-0.05, 0) is 37.1 Å². The molecule has 0 spiro atoms. The fourth-order valence-electron chi connectivity index (χ4n) is 3.88. The highest BCUT2D eigenvalue weighted by molar-refractivity contribution is 6.05. The fourth-order valence-corrected chi connectivity index (χ4v) is 3.88. The quantitative estimate of drug-likeness (QED) is 0.513. The third-order valence-corrected chi connectivity index (χ3v) is 5.52. The summed E-state index contributed by atoms with van der Waals surface area (Å²) in [4.78, 5) is 15.3. The Morgan fingerprint density at radius 3 is 2.18 bits per heavy atom. The first-order valence-electron chi connectivity index (χ1n) is 11.4. The Labute approximate surface area is 195 Å². The summed E-state index contributed by atoms with van der Waals surface area (Å²) in [6.07, 6.45) is 0. The molecule has 1 aliphatic rings. The molecule has 6 heteroatoms. The van der Waals surface area contributed by atoms with Crippen LogP contribution in [0.2, 0.25) is 0 Å². The van der Waals surface area contributed by atoms with Crippen LogP contribution in [0.25, 0.3) is 11.1 Å². The van der Waals surface area contributed by atoms with Gasteiger partial charge in [-0.3, -0.25) is 4.79 Å². The van der Waals surface area contributed by atoms with Gasteiger partial charge in [-0.15, -0.1) is 0 Å². The third-order valence-electron chi connectivity index (χ3n) is 5.52. The lowest BCUT2D eigenvalue weighted by molar-refractivity contribution is 0.102. The van der Waals surface area contributed by atoms with Gasteiger partial charge < -0.3 is 24.4 Å². The molecule has 172 valence electrons. The van der Waals surface area contributed by atoms with Crippen LogP contribution in [0.1, 0.15) is 24.2 Å². The van der Waals surface area contributed by atoms with Crippen LogP contribution in [0.5, 0.6) is 11.5 Å². The molecule has 3 aromatic carbocycles. The zero-order valence-corrected chi connectivity index (χ0v) is 19.2. The zero-order valence-electron chi connectivity index (χ0n) is 19.2. The monoisotopic (exact) mass is 446 g/mol. The van der Waals surface area contributed by atoms with Crippen LogP contribution in [0.15, 0.2) is 66.7 Å². The Balaban J connectivity index is 1.59. The van der Waals surface area contributed by atoms with Crippen molar-refractivity contribution >= 4 is 17.3 Å². The van der Waals surface area contributed by atoms with Gasteiger partial charge in [0.1, 0.15) is 11.5 Å². The molecule has 0 aromatic heterocycles. The van der Waals surface area contributed by atoms with Crippen LogP contribution in [-0.2, 0) is 4.74 Å². The van der Waals surface area contributed by atoms with E-state index in [1.165, 1.54) is 0 Å². The second kappa shape index (κ2) is 10.9. The predicted octanol–water partition coefficient (Wildman–Crippen LogP) is 5.24. The molecular weight excluding hydrogens is 416 g/mol. The second-order valence-corrected chi connectivity index (χ2v) is 7.68. The molecule has 0 aliphatic carbocycles. The molecule has 6 nitrogen and oxygen atoms in total. The average Bonchev–Trinajstić information content (AvgIpc) is 2.87. The van der Waals surface area contributed by atoms with Crippen LogP contribution in [0.4, 0.5) is 11.4 Å². The molecule has 3 aromatic rings. The molecule has 0 unspecified atom stereocenters. The minimum atomic E-state index is -0.197. The maximum atomic E-state index is 13.0. The standard InChI is InChI=1S/C27H30N2O4/c1-3-32-25-19-24(29-14-16-31-17-15-29)26(33-4-2)18-23(25)28-27(30)22-12-10-21(11-13-22)20-8-6-5-7-9-20/h5-13,18-19H,3-4,14-17H2,1-2H3,(H,28,30). The molecule has 0 atom stereocenters. The second-order valence-electron chi connectivity index (χ2n) is 7.68. The number of carbonyl (C=O) groups is 1. The Hall–Kier alpha value is -3.51. The van der Waals surface area contributed by atoms with Crippen molar-refractivity contribution in [2.75, 3.05) is 49.7 Å². The average molecular weight is 447 g/mol. The first kappa shape index (κ1) is 22.7. The number of nitrogens with zero attached hydrogens (tertiary/aromatic N) is 1. The SMILES string of the molecule is CCOc1cc(N2CCOCC2)c(OCC)cc1NC(=O)c1ccc(-c2ccccc2)cc1. The van der Waals surface area contributed by atoms with Gasteiger partial charge in [0.25, 0.3) is 5.91 Å². The van der Waals surface area contributed by atoms with E-state index in [9.17, 15) is 4.79 Å².